The van der Waals surface area contributed by atoms with Gasteiger partial charge in [-0.3, -0.25) is 0 Å². The van der Waals surface area contributed by atoms with Crippen LogP contribution in [0.4, 0.5) is 0 Å². The molecule has 0 aliphatic rings. The number of ether oxygens (including phenoxy) is 1. The van der Waals surface area contributed by atoms with Crippen LogP contribution in [-0.4, -0.2) is 13.7 Å². The molecule has 108 valence electrons. The first-order chi connectivity index (χ1) is 9.65. The van der Waals surface area contributed by atoms with Crippen LogP contribution in [-0.2, 0) is 0 Å². The Morgan fingerprint density at radius 3 is 2.55 bits per heavy atom. The van der Waals surface area contributed by atoms with Crippen molar-refractivity contribution in [2.45, 2.75) is 33.2 Å². The number of furan rings is 1. The minimum atomic E-state index is 0.164. The lowest BCUT2D eigenvalue weighted by Crippen LogP contribution is -2.22. The van der Waals surface area contributed by atoms with E-state index < -0.39 is 0 Å². The van der Waals surface area contributed by atoms with Gasteiger partial charge in [0.05, 0.1) is 19.4 Å². The normalized spacial score (nSPS) is 12.4. The van der Waals surface area contributed by atoms with Gasteiger partial charge in [-0.1, -0.05) is 19.1 Å². The highest BCUT2D eigenvalue weighted by Gasteiger charge is 2.16. The van der Waals surface area contributed by atoms with E-state index in [-0.39, 0.29) is 6.04 Å². The van der Waals surface area contributed by atoms with Crippen LogP contribution in [0, 0.1) is 13.8 Å². The molecular weight excluding hydrogens is 250 g/mol. The minimum absolute atomic E-state index is 0.164. The first-order valence-corrected chi connectivity index (χ1v) is 7.08. The van der Waals surface area contributed by atoms with Gasteiger partial charge >= 0.3 is 0 Å². The van der Waals surface area contributed by atoms with Crippen LogP contribution in [0.15, 0.2) is 34.9 Å². The summed E-state index contributed by atoms with van der Waals surface area (Å²) < 4.78 is 10.8. The van der Waals surface area contributed by atoms with E-state index in [0.29, 0.717) is 0 Å². The maximum Gasteiger partial charge on any atom is 0.121 e. The second-order valence-corrected chi connectivity index (χ2v) is 5.11. The number of hydrogen-bond donors (Lipinski definition) is 1. The molecule has 20 heavy (non-hydrogen) atoms. The fraction of sp³-hybridized carbons (Fsp3) is 0.412. The van der Waals surface area contributed by atoms with Gasteiger partial charge in [-0.05, 0) is 50.1 Å². The molecule has 0 saturated carbocycles. The third-order valence-corrected chi connectivity index (χ3v) is 3.43. The van der Waals surface area contributed by atoms with E-state index in [1.165, 1.54) is 11.1 Å². The molecule has 1 aromatic carbocycles. The van der Waals surface area contributed by atoms with E-state index in [2.05, 4.69) is 37.4 Å². The van der Waals surface area contributed by atoms with Crippen LogP contribution in [0.3, 0.4) is 0 Å². The zero-order chi connectivity index (χ0) is 14.5. The number of benzene rings is 1. The van der Waals surface area contributed by atoms with Crippen molar-refractivity contribution in [2.24, 2.45) is 0 Å². The average molecular weight is 273 g/mol. The van der Waals surface area contributed by atoms with Crippen molar-refractivity contribution in [1.29, 1.82) is 0 Å². The molecule has 0 radical (unpaired) electrons. The number of nitrogens with one attached hydrogen (secondary N) is 1. The zero-order valence-electron chi connectivity index (χ0n) is 12.7. The standard InChI is InChI=1S/C17H23NO2/c1-5-8-18-17(15-10-13(3)20-11-15)14-6-7-16(19-4)12(2)9-14/h6-7,9-11,17-18H,5,8H2,1-4H3. The first kappa shape index (κ1) is 14.7. The molecule has 0 aliphatic heterocycles. The fourth-order valence-electron chi connectivity index (χ4n) is 2.41. The molecule has 2 rings (SSSR count). The molecule has 1 atom stereocenters. The van der Waals surface area contributed by atoms with Crippen molar-refractivity contribution in [3.8, 4) is 5.75 Å². The second-order valence-electron chi connectivity index (χ2n) is 5.11. The van der Waals surface area contributed by atoms with Gasteiger partial charge in [0.15, 0.2) is 0 Å². The largest absolute Gasteiger partial charge is 0.496 e. The third kappa shape index (κ3) is 3.23. The van der Waals surface area contributed by atoms with E-state index in [1.807, 2.05) is 19.3 Å². The van der Waals surface area contributed by atoms with Crippen LogP contribution >= 0.6 is 0 Å². The molecule has 0 fully saturated rings. The van der Waals surface area contributed by atoms with Gasteiger partial charge in [0.1, 0.15) is 11.5 Å². The molecule has 1 heterocycles. The Labute approximate surface area is 121 Å². The summed E-state index contributed by atoms with van der Waals surface area (Å²) in [4.78, 5) is 0. The fourth-order valence-corrected chi connectivity index (χ4v) is 2.41. The van der Waals surface area contributed by atoms with Crippen molar-refractivity contribution in [3.63, 3.8) is 0 Å². The highest BCUT2D eigenvalue weighted by atomic mass is 16.5. The van der Waals surface area contributed by atoms with E-state index in [4.69, 9.17) is 9.15 Å². The molecule has 3 heteroatoms. The highest BCUT2D eigenvalue weighted by Crippen LogP contribution is 2.28. The number of hydrogen-bond acceptors (Lipinski definition) is 3. The quantitative estimate of drug-likeness (QED) is 0.864. The Balaban J connectivity index is 2.33. The van der Waals surface area contributed by atoms with E-state index in [9.17, 15) is 0 Å². The van der Waals surface area contributed by atoms with E-state index >= 15 is 0 Å². The SMILES string of the molecule is CCCNC(c1coc(C)c1)c1ccc(OC)c(C)c1. The summed E-state index contributed by atoms with van der Waals surface area (Å²) in [7, 11) is 1.70. The van der Waals surface area contributed by atoms with Gasteiger partial charge < -0.3 is 14.5 Å². The van der Waals surface area contributed by atoms with Gasteiger partial charge in [-0.25, -0.2) is 0 Å². The van der Waals surface area contributed by atoms with Crippen molar-refractivity contribution in [3.05, 3.63) is 53.0 Å². The topological polar surface area (TPSA) is 34.4 Å². The number of rotatable bonds is 6. The van der Waals surface area contributed by atoms with Gasteiger partial charge in [0.25, 0.3) is 0 Å². The lowest BCUT2D eigenvalue weighted by atomic mass is 9.98. The summed E-state index contributed by atoms with van der Waals surface area (Å²) in [5, 5.41) is 3.58. The Kier molecular flexibility index (Phi) is 4.85. The minimum Gasteiger partial charge on any atom is -0.496 e. The molecule has 0 bridgehead atoms. The third-order valence-electron chi connectivity index (χ3n) is 3.43. The molecule has 3 nitrogen and oxygen atoms in total. The Bertz CT molecular complexity index is 560. The Hall–Kier alpha value is -1.74. The second kappa shape index (κ2) is 6.62. The van der Waals surface area contributed by atoms with Crippen molar-refractivity contribution < 1.29 is 9.15 Å². The number of methoxy groups -OCH3 is 1. The Morgan fingerprint density at radius 1 is 1.20 bits per heavy atom. The van der Waals surface area contributed by atoms with Crippen LogP contribution in [0.5, 0.6) is 5.75 Å². The molecule has 0 aliphatic carbocycles. The number of aryl methyl sites for hydroxylation is 2. The molecule has 2 aromatic rings. The average Bonchev–Trinajstić information content (AvgIpc) is 2.86. The maximum absolute atomic E-state index is 5.46. The van der Waals surface area contributed by atoms with Crippen LogP contribution in [0.25, 0.3) is 0 Å². The lowest BCUT2D eigenvalue weighted by molar-refractivity contribution is 0.411. The molecule has 0 spiro atoms. The summed E-state index contributed by atoms with van der Waals surface area (Å²) >= 11 is 0. The highest BCUT2D eigenvalue weighted by molar-refractivity contribution is 5.40. The van der Waals surface area contributed by atoms with Crippen LogP contribution < -0.4 is 10.1 Å². The lowest BCUT2D eigenvalue weighted by Gasteiger charge is -2.19. The van der Waals surface area contributed by atoms with E-state index in [0.717, 1.165) is 30.0 Å². The van der Waals surface area contributed by atoms with Gasteiger partial charge in [-0.15, -0.1) is 0 Å². The van der Waals surface area contributed by atoms with Gasteiger partial charge in [0, 0.05) is 5.56 Å². The van der Waals surface area contributed by atoms with Crippen molar-refractivity contribution in [1.82, 2.24) is 5.32 Å². The summed E-state index contributed by atoms with van der Waals surface area (Å²) in [5.74, 6) is 1.86. The molecule has 1 aromatic heterocycles. The van der Waals surface area contributed by atoms with E-state index in [1.54, 1.807) is 7.11 Å². The first-order valence-electron chi connectivity index (χ1n) is 7.08. The predicted octanol–water partition coefficient (Wildman–Crippen LogP) is 3.99. The smallest absolute Gasteiger partial charge is 0.121 e. The van der Waals surface area contributed by atoms with Gasteiger partial charge in [0.2, 0.25) is 0 Å². The molecular formula is C17H23NO2. The zero-order valence-corrected chi connectivity index (χ0v) is 12.7. The van der Waals surface area contributed by atoms with Gasteiger partial charge in [-0.2, -0.15) is 0 Å². The maximum atomic E-state index is 5.46. The van der Waals surface area contributed by atoms with Crippen molar-refractivity contribution in [2.75, 3.05) is 13.7 Å². The van der Waals surface area contributed by atoms with Crippen molar-refractivity contribution >= 4 is 0 Å². The monoisotopic (exact) mass is 273 g/mol. The van der Waals surface area contributed by atoms with Crippen LogP contribution in [0.1, 0.15) is 41.8 Å². The predicted molar refractivity (Wildman–Crippen MR) is 81.3 cm³/mol. The summed E-state index contributed by atoms with van der Waals surface area (Å²) in [6.45, 7) is 7.18. The molecule has 0 amide bonds. The Morgan fingerprint density at radius 2 is 2.00 bits per heavy atom. The summed E-state index contributed by atoms with van der Waals surface area (Å²) in [6, 6.07) is 8.57. The molecule has 0 saturated heterocycles. The van der Waals surface area contributed by atoms with Crippen LogP contribution in [0.2, 0.25) is 0 Å². The molecule has 1 unspecified atom stereocenters. The molecule has 1 N–H and O–H groups in total. The summed E-state index contributed by atoms with van der Waals surface area (Å²) in [6.07, 6.45) is 2.94. The summed E-state index contributed by atoms with van der Waals surface area (Å²) in [5.41, 5.74) is 3.55.